The number of ether oxygens (including phenoxy) is 2. The maximum absolute atomic E-state index is 11.1. The first kappa shape index (κ1) is 14.7. The van der Waals surface area contributed by atoms with Crippen molar-refractivity contribution in [2.75, 3.05) is 31.5 Å². The van der Waals surface area contributed by atoms with Crippen molar-refractivity contribution in [1.29, 1.82) is 0 Å². The predicted octanol–water partition coefficient (Wildman–Crippen LogP) is 2.49. The lowest BCUT2D eigenvalue weighted by molar-refractivity contribution is -0.114. The highest BCUT2D eigenvalue weighted by Gasteiger charge is 2.31. The fourth-order valence-electron chi connectivity index (χ4n) is 2.26. The van der Waals surface area contributed by atoms with Gasteiger partial charge in [-0.15, -0.1) is 0 Å². The van der Waals surface area contributed by atoms with Gasteiger partial charge in [-0.05, 0) is 30.9 Å². The number of nitrogens with one attached hydrogen (secondary N) is 2. The molecule has 1 aromatic carbocycles. The van der Waals surface area contributed by atoms with Crippen LogP contribution in [0.15, 0.2) is 18.2 Å². The molecule has 1 fully saturated rings. The molecule has 0 saturated heterocycles. The van der Waals surface area contributed by atoms with E-state index in [9.17, 15) is 4.79 Å². The Morgan fingerprint density at radius 3 is 2.70 bits per heavy atom. The fourth-order valence-corrected chi connectivity index (χ4v) is 2.26. The highest BCUT2D eigenvalue weighted by Crippen LogP contribution is 2.35. The molecule has 1 aliphatic rings. The van der Waals surface area contributed by atoms with Crippen molar-refractivity contribution in [2.45, 2.75) is 25.8 Å². The summed E-state index contributed by atoms with van der Waals surface area (Å²) in [6.45, 7) is 2.17. The number of methoxy groups -OCH3 is 2. The van der Waals surface area contributed by atoms with Gasteiger partial charge in [0.1, 0.15) is 5.75 Å². The van der Waals surface area contributed by atoms with E-state index in [0.29, 0.717) is 30.0 Å². The largest absolute Gasteiger partial charge is 0.494 e. The van der Waals surface area contributed by atoms with Crippen molar-refractivity contribution in [1.82, 2.24) is 0 Å². The van der Waals surface area contributed by atoms with E-state index < -0.39 is 0 Å². The first-order valence-corrected chi connectivity index (χ1v) is 6.85. The molecule has 0 aromatic heterocycles. The van der Waals surface area contributed by atoms with Crippen LogP contribution >= 0.6 is 0 Å². The van der Waals surface area contributed by atoms with Crippen LogP contribution in [0.5, 0.6) is 5.75 Å². The number of benzene rings is 1. The normalized spacial score (nSPS) is 15.6. The highest BCUT2D eigenvalue weighted by atomic mass is 16.5. The number of hydrogen-bond donors (Lipinski definition) is 2. The summed E-state index contributed by atoms with van der Waals surface area (Å²) in [4.78, 5) is 11.1. The summed E-state index contributed by atoms with van der Waals surface area (Å²) >= 11 is 0. The minimum absolute atomic E-state index is 0.112. The van der Waals surface area contributed by atoms with Crippen molar-refractivity contribution in [3.8, 4) is 5.75 Å². The van der Waals surface area contributed by atoms with Gasteiger partial charge >= 0.3 is 0 Å². The molecule has 2 rings (SSSR count). The second-order valence-electron chi connectivity index (χ2n) is 5.14. The first-order chi connectivity index (χ1) is 9.63. The SMILES string of the molecule is COCC(Nc1ccc(NC(C)=O)c(OC)c1)C1CC1. The van der Waals surface area contributed by atoms with Gasteiger partial charge in [0.25, 0.3) is 0 Å². The smallest absolute Gasteiger partial charge is 0.221 e. The molecule has 110 valence electrons. The molecule has 1 atom stereocenters. The molecule has 5 heteroatoms. The van der Waals surface area contributed by atoms with E-state index in [1.165, 1.54) is 19.8 Å². The van der Waals surface area contributed by atoms with E-state index in [4.69, 9.17) is 9.47 Å². The van der Waals surface area contributed by atoms with Crippen LogP contribution in [0, 0.1) is 5.92 Å². The van der Waals surface area contributed by atoms with Crippen LogP contribution in [0.2, 0.25) is 0 Å². The second-order valence-corrected chi connectivity index (χ2v) is 5.14. The Kier molecular flexibility index (Phi) is 4.84. The van der Waals surface area contributed by atoms with Gasteiger partial charge in [0.05, 0.1) is 25.4 Å². The van der Waals surface area contributed by atoms with Gasteiger partial charge in [-0.1, -0.05) is 0 Å². The van der Waals surface area contributed by atoms with Crippen LogP contribution < -0.4 is 15.4 Å². The van der Waals surface area contributed by atoms with Crippen molar-refractivity contribution in [2.24, 2.45) is 5.92 Å². The lowest BCUT2D eigenvalue weighted by Crippen LogP contribution is -2.27. The van der Waals surface area contributed by atoms with E-state index in [2.05, 4.69) is 10.6 Å². The molecule has 0 heterocycles. The Labute approximate surface area is 119 Å². The lowest BCUT2D eigenvalue weighted by atomic mass is 10.1. The minimum Gasteiger partial charge on any atom is -0.494 e. The third kappa shape index (κ3) is 3.87. The molecule has 0 spiro atoms. The summed E-state index contributed by atoms with van der Waals surface area (Å²) in [5, 5.41) is 6.23. The molecule has 0 bridgehead atoms. The van der Waals surface area contributed by atoms with Crippen LogP contribution in [0.3, 0.4) is 0 Å². The Balaban J connectivity index is 2.09. The first-order valence-electron chi connectivity index (χ1n) is 6.85. The zero-order valence-electron chi connectivity index (χ0n) is 12.2. The molecule has 0 aliphatic heterocycles. The summed E-state index contributed by atoms with van der Waals surface area (Å²) < 4.78 is 10.6. The van der Waals surface area contributed by atoms with Crippen LogP contribution in [0.25, 0.3) is 0 Å². The molecular formula is C15H22N2O3. The minimum atomic E-state index is -0.112. The molecule has 20 heavy (non-hydrogen) atoms. The molecule has 1 unspecified atom stereocenters. The molecule has 1 aliphatic carbocycles. The molecule has 0 radical (unpaired) electrons. The second kappa shape index (κ2) is 6.61. The van der Waals surface area contributed by atoms with Crippen LogP contribution in [-0.4, -0.2) is 32.8 Å². The number of carbonyl (C=O) groups excluding carboxylic acids is 1. The zero-order valence-corrected chi connectivity index (χ0v) is 12.2. The third-order valence-electron chi connectivity index (χ3n) is 3.40. The molecule has 1 saturated carbocycles. The molecule has 2 N–H and O–H groups in total. The van der Waals surface area contributed by atoms with E-state index in [-0.39, 0.29) is 5.91 Å². The van der Waals surface area contributed by atoms with Crippen molar-refractivity contribution in [3.05, 3.63) is 18.2 Å². The average molecular weight is 278 g/mol. The van der Waals surface area contributed by atoms with E-state index in [1.54, 1.807) is 14.2 Å². The van der Waals surface area contributed by atoms with Gasteiger partial charge in [-0.25, -0.2) is 0 Å². The third-order valence-corrected chi connectivity index (χ3v) is 3.40. The number of rotatable bonds is 7. The maximum atomic E-state index is 11.1. The molecule has 1 amide bonds. The van der Waals surface area contributed by atoms with Crippen molar-refractivity contribution < 1.29 is 14.3 Å². The van der Waals surface area contributed by atoms with Crippen LogP contribution in [-0.2, 0) is 9.53 Å². The topological polar surface area (TPSA) is 59.6 Å². The molecule has 1 aromatic rings. The van der Waals surface area contributed by atoms with Gasteiger partial charge in [0.2, 0.25) is 5.91 Å². The lowest BCUT2D eigenvalue weighted by Gasteiger charge is -2.20. The zero-order chi connectivity index (χ0) is 14.5. The quantitative estimate of drug-likeness (QED) is 0.804. The summed E-state index contributed by atoms with van der Waals surface area (Å²) in [7, 11) is 3.31. The van der Waals surface area contributed by atoms with Gasteiger partial charge in [0.15, 0.2) is 0 Å². The Hall–Kier alpha value is -1.75. The summed E-state index contributed by atoms with van der Waals surface area (Å²) in [5.74, 6) is 1.23. The van der Waals surface area contributed by atoms with Gasteiger partial charge in [-0.3, -0.25) is 4.79 Å². The fraction of sp³-hybridized carbons (Fsp3) is 0.533. The van der Waals surface area contributed by atoms with Gasteiger partial charge in [-0.2, -0.15) is 0 Å². The Morgan fingerprint density at radius 1 is 1.40 bits per heavy atom. The Bertz CT molecular complexity index is 472. The number of anilines is 2. The number of hydrogen-bond acceptors (Lipinski definition) is 4. The molecule has 5 nitrogen and oxygen atoms in total. The number of amides is 1. The molecular weight excluding hydrogens is 256 g/mol. The summed E-state index contributed by atoms with van der Waals surface area (Å²) in [6.07, 6.45) is 2.50. The van der Waals surface area contributed by atoms with Gasteiger partial charge < -0.3 is 20.1 Å². The van der Waals surface area contributed by atoms with E-state index in [0.717, 1.165) is 5.69 Å². The number of carbonyl (C=O) groups is 1. The Morgan fingerprint density at radius 2 is 2.15 bits per heavy atom. The van der Waals surface area contributed by atoms with E-state index in [1.807, 2.05) is 18.2 Å². The predicted molar refractivity (Wildman–Crippen MR) is 79.3 cm³/mol. The monoisotopic (exact) mass is 278 g/mol. The van der Waals surface area contributed by atoms with E-state index >= 15 is 0 Å². The van der Waals surface area contributed by atoms with Crippen LogP contribution in [0.4, 0.5) is 11.4 Å². The standard InChI is InChI=1S/C15H22N2O3/c1-10(18)16-13-7-6-12(8-15(13)20-3)17-14(9-19-2)11-4-5-11/h6-8,11,14,17H,4-5,9H2,1-3H3,(H,16,18). The van der Waals surface area contributed by atoms with Crippen molar-refractivity contribution in [3.63, 3.8) is 0 Å². The average Bonchev–Trinajstić information content (AvgIpc) is 3.23. The summed E-state index contributed by atoms with van der Waals surface area (Å²) in [5.41, 5.74) is 1.66. The van der Waals surface area contributed by atoms with Gasteiger partial charge in [0, 0.05) is 25.8 Å². The highest BCUT2D eigenvalue weighted by molar-refractivity contribution is 5.90. The van der Waals surface area contributed by atoms with Crippen LogP contribution in [0.1, 0.15) is 19.8 Å². The maximum Gasteiger partial charge on any atom is 0.221 e. The van der Waals surface area contributed by atoms with Crippen molar-refractivity contribution >= 4 is 17.3 Å². The summed E-state index contributed by atoms with van der Waals surface area (Å²) in [6, 6.07) is 6.02.